The van der Waals surface area contributed by atoms with Crippen LogP contribution in [-0.4, -0.2) is 28.9 Å². The third-order valence-corrected chi connectivity index (χ3v) is 6.86. The van der Waals surface area contributed by atoms with Gasteiger partial charge in [0.25, 0.3) is 0 Å². The van der Waals surface area contributed by atoms with Crippen molar-refractivity contribution in [3.63, 3.8) is 0 Å². The van der Waals surface area contributed by atoms with Crippen molar-refractivity contribution in [3.05, 3.63) is 71.7 Å². The number of carbonyl (C=O) groups is 1. The van der Waals surface area contributed by atoms with Crippen LogP contribution >= 0.6 is 0 Å². The van der Waals surface area contributed by atoms with Crippen molar-refractivity contribution in [2.24, 2.45) is 0 Å². The number of aromatic nitrogens is 1. The monoisotopic (exact) mass is 376 g/mol. The summed E-state index contributed by atoms with van der Waals surface area (Å²) in [5, 5.41) is 1.30. The van der Waals surface area contributed by atoms with Gasteiger partial charge in [-0.05, 0) is 60.9 Å². The van der Waals surface area contributed by atoms with Gasteiger partial charge in [0.1, 0.15) is 5.82 Å². The van der Waals surface area contributed by atoms with Gasteiger partial charge in [0.2, 0.25) is 5.91 Å². The number of hydrogen-bond donors (Lipinski definition) is 1. The lowest BCUT2D eigenvalue weighted by atomic mass is 9.63. The zero-order chi connectivity index (χ0) is 19.1. The van der Waals surface area contributed by atoms with Gasteiger partial charge < -0.3 is 9.88 Å². The molecular formula is C24H25FN2O. The summed E-state index contributed by atoms with van der Waals surface area (Å²) >= 11 is 0. The fourth-order valence-corrected chi connectivity index (χ4v) is 5.05. The number of hydrogen-bond acceptors (Lipinski definition) is 1. The molecule has 0 spiro atoms. The molecule has 0 bridgehead atoms. The topological polar surface area (TPSA) is 36.1 Å². The highest BCUT2D eigenvalue weighted by Crippen LogP contribution is 2.46. The summed E-state index contributed by atoms with van der Waals surface area (Å²) in [5.74, 6) is 0.483. The molecule has 2 heterocycles. The van der Waals surface area contributed by atoms with Gasteiger partial charge in [0.05, 0.1) is 5.41 Å². The molecule has 0 radical (unpaired) electrons. The van der Waals surface area contributed by atoms with Crippen molar-refractivity contribution in [1.82, 2.24) is 9.88 Å². The van der Waals surface area contributed by atoms with Crippen LogP contribution in [0.4, 0.5) is 4.39 Å². The zero-order valence-corrected chi connectivity index (χ0v) is 16.0. The average Bonchev–Trinajstić information content (AvgIpc) is 3.13. The number of benzene rings is 2. The van der Waals surface area contributed by atoms with Gasteiger partial charge >= 0.3 is 0 Å². The van der Waals surface area contributed by atoms with Crippen LogP contribution in [0, 0.1) is 5.82 Å². The maximum absolute atomic E-state index is 13.4. The number of fused-ring (bicyclic) bond motifs is 1. The number of H-pyrrole nitrogens is 1. The summed E-state index contributed by atoms with van der Waals surface area (Å²) in [6, 6.07) is 15.0. The molecule has 1 saturated carbocycles. The highest BCUT2D eigenvalue weighted by molar-refractivity contribution is 5.89. The largest absolute Gasteiger partial charge is 0.361 e. The van der Waals surface area contributed by atoms with Crippen molar-refractivity contribution in [1.29, 1.82) is 0 Å². The van der Waals surface area contributed by atoms with Crippen molar-refractivity contribution in [2.75, 3.05) is 13.1 Å². The van der Waals surface area contributed by atoms with Crippen molar-refractivity contribution in [2.45, 2.75) is 43.4 Å². The normalized spacial score (nSPS) is 19.5. The minimum atomic E-state index is -0.429. The SMILES string of the molecule is O=C(N1CCC(c2c[nH]c3ccccc23)CC1)C1(c2ccc(F)cc2)CCC1. The second-order valence-corrected chi connectivity index (χ2v) is 8.30. The summed E-state index contributed by atoms with van der Waals surface area (Å²) < 4.78 is 13.3. The highest BCUT2D eigenvalue weighted by Gasteiger charge is 2.48. The van der Waals surface area contributed by atoms with Crippen molar-refractivity contribution < 1.29 is 9.18 Å². The van der Waals surface area contributed by atoms with Gasteiger partial charge in [0.15, 0.2) is 0 Å². The lowest BCUT2D eigenvalue weighted by molar-refractivity contribution is -0.142. The Balaban J connectivity index is 1.32. The number of rotatable bonds is 3. The first kappa shape index (κ1) is 17.5. The maximum atomic E-state index is 13.4. The van der Waals surface area contributed by atoms with Gasteiger partial charge in [-0.15, -0.1) is 0 Å². The molecule has 3 nitrogen and oxygen atoms in total. The predicted molar refractivity (Wildman–Crippen MR) is 109 cm³/mol. The molecule has 144 valence electrons. The molecule has 0 atom stereocenters. The fourth-order valence-electron chi connectivity index (χ4n) is 5.05. The van der Waals surface area contributed by atoms with Crippen molar-refractivity contribution >= 4 is 16.8 Å². The van der Waals surface area contributed by atoms with Crippen LogP contribution < -0.4 is 0 Å². The summed E-state index contributed by atoms with van der Waals surface area (Å²) in [6.45, 7) is 1.60. The van der Waals surface area contributed by atoms with E-state index in [0.29, 0.717) is 5.92 Å². The van der Waals surface area contributed by atoms with E-state index in [1.54, 1.807) is 12.1 Å². The number of halogens is 1. The molecule has 1 N–H and O–H groups in total. The van der Waals surface area contributed by atoms with E-state index in [1.807, 2.05) is 4.90 Å². The third-order valence-electron chi connectivity index (χ3n) is 6.86. The Labute approximate surface area is 164 Å². The number of amides is 1. The average molecular weight is 376 g/mol. The Bertz CT molecular complexity index is 995. The first-order chi connectivity index (χ1) is 13.7. The first-order valence-electron chi connectivity index (χ1n) is 10.3. The molecule has 3 aromatic rings. The van der Waals surface area contributed by atoms with Gasteiger partial charge in [-0.2, -0.15) is 0 Å². The molecule has 0 unspecified atom stereocenters. The van der Waals surface area contributed by atoms with Crippen molar-refractivity contribution in [3.8, 4) is 0 Å². The van der Waals surface area contributed by atoms with E-state index < -0.39 is 5.41 Å². The number of nitrogens with zero attached hydrogens (tertiary/aromatic N) is 1. The molecule has 1 aliphatic heterocycles. The quantitative estimate of drug-likeness (QED) is 0.675. The van der Waals surface area contributed by atoms with E-state index in [2.05, 4.69) is 35.4 Å². The summed E-state index contributed by atoms with van der Waals surface area (Å²) in [7, 11) is 0. The Morgan fingerprint density at radius 3 is 2.43 bits per heavy atom. The van der Waals surface area contributed by atoms with E-state index >= 15 is 0 Å². The number of carbonyl (C=O) groups excluding carboxylic acids is 1. The van der Waals surface area contributed by atoms with Gasteiger partial charge in [0, 0.05) is 30.2 Å². The van der Waals surface area contributed by atoms with Gasteiger partial charge in [-0.3, -0.25) is 4.79 Å². The second kappa shape index (κ2) is 6.77. The molecule has 1 saturated heterocycles. The van der Waals surface area contributed by atoms with Gasteiger partial charge in [-0.25, -0.2) is 4.39 Å². The molecule has 1 amide bonds. The van der Waals surface area contributed by atoms with E-state index in [4.69, 9.17) is 0 Å². The number of piperidine rings is 1. The third kappa shape index (κ3) is 2.74. The van der Waals surface area contributed by atoms with E-state index in [-0.39, 0.29) is 11.7 Å². The molecule has 4 heteroatoms. The van der Waals surface area contributed by atoms with Crippen LogP contribution in [-0.2, 0) is 10.2 Å². The van der Waals surface area contributed by atoms with E-state index in [9.17, 15) is 9.18 Å². The van der Waals surface area contributed by atoms with Gasteiger partial charge in [-0.1, -0.05) is 36.8 Å². The highest BCUT2D eigenvalue weighted by atomic mass is 19.1. The molecular weight excluding hydrogens is 351 g/mol. The smallest absolute Gasteiger partial charge is 0.233 e. The fraction of sp³-hybridized carbons (Fsp3) is 0.375. The molecule has 5 rings (SSSR count). The standard InChI is InChI=1S/C24H25FN2O/c25-19-8-6-18(7-9-19)24(12-3-13-24)23(28)27-14-10-17(11-15-27)21-16-26-22-5-2-1-4-20(21)22/h1-2,4-9,16-17,26H,3,10-15H2. The minimum Gasteiger partial charge on any atom is -0.361 e. The van der Waals surface area contributed by atoms with Crippen LogP contribution in [0.1, 0.15) is 49.1 Å². The predicted octanol–water partition coefficient (Wildman–Crippen LogP) is 5.13. The minimum absolute atomic E-state index is 0.239. The first-order valence-corrected chi connectivity index (χ1v) is 10.3. The number of aromatic amines is 1. The molecule has 2 aromatic carbocycles. The summed E-state index contributed by atoms with van der Waals surface area (Å²) in [6.07, 6.45) is 6.94. The Hall–Kier alpha value is -2.62. The number of nitrogens with one attached hydrogen (secondary N) is 1. The Kier molecular flexibility index (Phi) is 4.22. The van der Waals surface area contributed by atoms with Crippen LogP contribution in [0.3, 0.4) is 0 Å². The van der Waals surface area contributed by atoms with E-state index in [0.717, 1.165) is 50.8 Å². The van der Waals surface area contributed by atoms with Crippen LogP contribution in [0.25, 0.3) is 10.9 Å². The molecule has 1 aromatic heterocycles. The Morgan fingerprint density at radius 1 is 1.04 bits per heavy atom. The van der Waals surface area contributed by atoms with Crippen LogP contribution in [0.2, 0.25) is 0 Å². The molecule has 2 aliphatic rings. The number of likely N-dealkylation sites (tertiary alicyclic amines) is 1. The summed E-state index contributed by atoms with van der Waals surface area (Å²) in [4.78, 5) is 18.8. The summed E-state index contributed by atoms with van der Waals surface area (Å²) in [5.41, 5.74) is 3.10. The van der Waals surface area contributed by atoms with Crippen LogP contribution in [0.5, 0.6) is 0 Å². The zero-order valence-electron chi connectivity index (χ0n) is 16.0. The second-order valence-electron chi connectivity index (χ2n) is 8.30. The Morgan fingerprint density at radius 2 is 1.75 bits per heavy atom. The van der Waals surface area contributed by atoms with E-state index in [1.165, 1.54) is 28.6 Å². The van der Waals surface area contributed by atoms with Crippen LogP contribution in [0.15, 0.2) is 54.7 Å². The maximum Gasteiger partial charge on any atom is 0.233 e. The molecule has 2 fully saturated rings. The lowest BCUT2D eigenvalue weighted by Crippen LogP contribution is -2.52. The molecule has 28 heavy (non-hydrogen) atoms. The number of para-hydroxylation sites is 1. The molecule has 1 aliphatic carbocycles. The lowest BCUT2D eigenvalue weighted by Gasteiger charge is -2.45.